The van der Waals surface area contributed by atoms with Crippen LogP contribution in [0.5, 0.6) is 0 Å². The number of hydrogen-bond donors (Lipinski definition) is 2. The number of alkyl halides is 4. The summed E-state index contributed by atoms with van der Waals surface area (Å²) in [6, 6.07) is -0.752. The summed E-state index contributed by atoms with van der Waals surface area (Å²) in [5.41, 5.74) is 0. The number of amides is 3. The van der Waals surface area contributed by atoms with Crippen LogP contribution in [-0.4, -0.2) is 30.5 Å². The third kappa shape index (κ3) is 9.57. The second-order valence-corrected chi connectivity index (χ2v) is 3.28. The fraction of sp³-hybridized carbons (Fsp3) is 0.750. The van der Waals surface area contributed by atoms with Crippen molar-refractivity contribution in [1.82, 2.24) is 10.6 Å². The van der Waals surface area contributed by atoms with Crippen molar-refractivity contribution >= 4 is 23.5 Å². The van der Waals surface area contributed by atoms with Crippen molar-refractivity contribution in [3.8, 4) is 0 Å². The molecule has 0 spiro atoms. The van der Waals surface area contributed by atoms with E-state index in [9.17, 15) is 22.8 Å². The van der Waals surface area contributed by atoms with Crippen LogP contribution in [0.3, 0.4) is 0 Å². The van der Waals surface area contributed by atoms with Crippen molar-refractivity contribution in [3.05, 3.63) is 0 Å². The number of nitrogens with one attached hydrogen (secondary N) is 2. The molecule has 0 heterocycles. The molecule has 8 heteroatoms. The van der Waals surface area contributed by atoms with E-state index >= 15 is 0 Å². The molecule has 0 atom stereocenters. The number of carbonyl (C=O) groups excluding carboxylic acids is 2. The van der Waals surface area contributed by atoms with E-state index in [4.69, 9.17) is 11.6 Å². The highest BCUT2D eigenvalue weighted by Gasteiger charge is 2.25. The molecule has 2 N–H and O–H groups in total. The first kappa shape index (κ1) is 15.0. The lowest BCUT2D eigenvalue weighted by molar-refractivity contribution is -0.135. The van der Waals surface area contributed by atoms with Gasteiger partial charge in [-0.05, 0) is 12.8 Å². The van der Waals surface area contributed by atoms with Gasteiger partial charge in [-0.25, -0.2) is 4.79 Å². The molecular weight excluding hydrogens is 249 g/mol. The first-order valence-corrected chi connectivity index (χ1v) is 5.09. The molecule has 0 bridgehead atoms. The third-order valence-electron chi connectivity index (χ3n) is 1.55. The van der Waals surface area contributed by atoms with E-state index < -0.39 is 24.5 Å². The van der Waals surface area contributed by atoms with Crippen LogP contribution in [0.25, 0.3) is 0 Å². The molecule has 94 valence electrons. The quantitative estimate of drug-likeness (QED) is 0.585. The van der Waals surface area contributed by atoms with Gasteiger partial charge in [0.25, 0.3) is 0 Å². The lowest BCUT2D eigenvalue weighted by Gasteiger charge is -2.07. The van der Waals surface area contributed by atoms with Crippen LogP contribution in [0, 0.1) is 0 Å². The van der Waals surface area contributed by atoms with Gasteiger partial charge in [0.1, 0.15) is 5.88 Å². The Kier molecular flexibility index (Phi) is 6.87. The number of urea groups is 1. The summed E-state index contributed by atoms with van der Waals surface area (Å²) < 4.78 is 35.1. The van der Waals surface area contributed by atoms with Crippen LogP contribution in [0.15, 0.2) is 0 Å². The number of imide groups is 1. The van der Waals surface area contributed by atoms with Gasteiger partial charge < -0.3 is 5.32 Å². The molecule has 0 aromatic heterocycles. The smallest absolute Gasteiger partial charge is 0.338 e. The summed E-state index contributed by atoms with van der Waals surface area (Å²) in [6.45, 7) is 0.0808. The standard InChI is InChI=1S/C8H12ClF3N2O2/c9-5-6(15)14-7(16)13-4-2-1-3-8(10,11)12/h1-5H2,(H2,13,14,15,16). The minimum absolute atomic E-state index is 0.0623. The topological polar surface area (TPSA) is 58.2 Å². The van der Waals surface area contributed by atoms with Crippen LogP contribution >= 0.6 is 11.6 Å². The third-order valence-corrected chi connectivity index (χ3v) is 1.79. The molecule has 0 aromatic carbocycles. The van der Waals surface area contributed by atoms with E-state index in [-0.39, 0.29) is 25.3 Å². The van der Waals surface area contributed by atoms with Gasteiger partial charge in [0, 0.05) is 13.0 Å². The van der Waals surface area contributed by atoms with Crippen LogP contribution in [-0.2, 0) is 4.79 Å². The number of carbonyl (C=O) groups is 2. The maximum Gasteiger partial charge on any atom is 0.389 e. The highest BCUT2D eigenvalue weighted by molar-refractivity contribution is 6.28. The van der Waals surface area contributed by atoms with E-state index in [0.717, 1.165) is 0 Å². The van der Waals surface area contributed by atoms with Crippen LogP contribution in [0.1, 0.15) is 19.3 Å². The first-order chi connectivity index (χ1) is 7.35. The Hall–Kier alpha value is -0.980. The zero-order chi connectivity index (χ0) is 12.6. The Morgan fingerprint density at radius 2 is 1.81 bits per heavy atom. The zero-order valence-corrected chi connectivity index (χ0v) is 9.12. The fourth-order valence-electron chi connectivity index (χ4n) is 0.857. The molecule has 16 heavy (non-hydrogen) atoms. The molecule has 0 fully saturated rings. The van der Waals surface area contributed by atoms with Crippen LogP contribution < -0.4 is 10.6 Å². The van der Waals surface area contributed by atoms with E-state index in [1.165, 1.54) is 0 Å². The predicted octanol–water partition coefficient (Wildman–Crippen LogP) is 1.78. The summed E-state index contributed by atoms with van der Waals surface area (Å²) in [4.78, 5) is 21.4. The zero-order valence-electron chi connectivity index (χ0n) is 8.36. The number of rotatable bonds is 5. The normalized spacial score (nSPS) is 11.0. The van der Waals surface area contributed by atoms with Gasteiger partial charge in [-0.1, -0.05) is 0 Å². The molecule has 0 aliphatic heterocycles. The SMILES string of the molecule is O=C(CCl)NC(=O)NCCCCC(F)(F)F. The van der Waals surface area contributed by atoms with Crippen molar-refractivity contribution in [2.45, 2.75) is 25.4 Å². The Morgan fingerprint density at radius 1 is 1.19 bits per heavy atom. The van der Waals surface area contributed by atoms with E-state index in [1.807, 2.05) is 5.32 Å². The number of unbranched alkanes of at least 4 members (excludes halogenated alkanes) is 1. The van der Waals surface area contributed by atoms with Gasteiger partial charge in [0.15, 0.2) is 0 Å². The largest absolute Gasteiger partial charge is 0.389 e. The Morgan fingerprint density at radius 3 is 2.31 bits per heavy atom. The second kappa shape index (κ2) is 7.32. The van der Waals surface area contributed by atoms with Crippen molar-refractivity contribution < 1.29 is 22.8 Å². The molecular formula is C8H12ClF3N2O2. The lowest BCUT2D eigenvalue weighted by atomic mass is 10.2. The van der Waals surface area contributed by atoms with Crippen LogP contribution in [0.2, 0.25) is 0 Å². The summed E-state index contributed by atoms with van der Waals surface area (Å²) >= 11 is 5.11. The van der Waals surface area contributed by atoms with Gasteiger partial charge in [-0.3, -0.25) is 10.1 Å². The van der Waals surface area contributed by atoms with Gasteiger partial charge in [-0.2, -0.15) is 13.2 Å². The van der Waals surface area contributed by atoms with Crippen molar-refractivity contribution in [2.75, 3.05) is 12.4 Å². The van der Waals surface area contributed by atoms with Crippen molar-refractivity contribution in [2.24, 2.45) is 0 Å². The molecule has 0 aliphatic rings. The molecule has 0 saturated heterocycles. The van der Waals surface area contributed by atoms with Gasteiger partial charge in [0.2, 0.25) is 5.91 Å². The Balaban J connectivity index is 3.45. The minimum atomic E-state index is -4.17. The monoisotopic (exact) mass is 260 g/mol. The maximum absolute atomic E-state index is 11.7. The van der Waals surface area contributed by atoms with Gasteiger partial charge in [-0.15, -0.1) is 11.6 Å². The highest BCUT2D eigenvalue weighted by atomic mass is 35.5. The highest BCUT2D eigenvalue weighted by Crippen LogP contribution is 2.21. The molecule has 0 radical (unpaired) electrons. The van der Waals surface area contributed by atoms with Gasteiger partial charge in [0.05, 0.1) is 0 Å². The minimum Gasteiger partial charge on any atom is -0.338 e. The molecule has 0 unspecified atom stereocenters. The lowest BCUT2D eigenvalue weighted by Crippen LogP contribution is -2.40. The molecule has 0 aliphatic carbocycles. The number of halogens is 4. The van der Waals surface area contributed by atoms with E-state index in [0.29, 0.717) is 0 Å². The molecule has 4 nitrogen and oxygen atoms in total. The summed E-state index contributed by atoms with van der Waals surface area (Å²) in [5.74, 6) is -1.00. The average Bonchev–Trinajstić information content (AvgIpc) is 2.15. The Labute approximate surface area is 95.5 Å². The molecule has 0 aromatic rings. The first-order valence-electron chi connectivity index (χ1n) is 4.55. The van der Waals surface area contributed by atoms with Crippen molar-refractivity contribution in [3.63, 3.8) is 0 Å². The second-order valence-electron chi connectivity index (χ2n) is 3.01. The fourth-order valence-corrected chi connectivity index (χ4v) is 0.923. The molecule has 3 amide bonds. The predicted molar refractivity (Wildman–Crippen MR) is 52.2 cm³/mol. The summed E-state index contributed by atoms with van der Waals surface area (Å²) in [6.07, 6.45) is -4.91. The molecule has 0 saturated carbocycles. The van der Waals surface area contributed by atoms with Crippen LogP contribution in [0.4, 0.5) is 18.0 Å². The average molecular weight is 261 g/mol. The number of hydrogen-bond acceptors (Lipinski definition) is 2. The Bertz CT molecular complexity index is 246. The van der Waals surface area contributed by atoms with Crippen molar-refractivity contribution in [1.29, 1.82) is 0 Å². The summed E-state index contributed by atoms with van der Waals surface area (Å²) in [7, 11) is 0. The van der Waals surface area contributed by atoms with E-state index in [2.05, 4.69) is 5.32 Å². The van der Waals surface area contributed by atoms with Gasteiger partial charge >= 0.3 is 12.2 Å². The maximum atomic E-state index is 11.7. The molecule has 0 rings (SSSR count). The van der Waals surface area contributed by atoms with E-state index in [1.54, 1.807) is 0 Å². The summed E-state index contributed by atoms with van der Waals surface area (Å²) in [5, 5.41) is 4.13.